The first kappa shape index (κ1) is 11.5. The summed E-state index contributed by atoms with van der Waals surface area (Å²) in [6.07, 6.45) is 0. The molecule has 3 rings (SSSR count). The summed E-state index contributed by atoms with van der Waals surface area (Å²) in [6, 6.07) is 3.04. The zero-order valence-corrected chi connectivity index (χ0v) is 10.4. The summed E-state index contributed by atoms with van der Waals surface area (Å²) in [7, 11) is 0. The van der Waals surface area contributed by atoms with Crippen LogP contribution in [0.25, 0.3) is 21.9 Å². The Morgan fingerprint density at radius 1 is 0.895 bits per heavy atom. The van der Waals surface area contributed by atoms with Crippen LogP contribution < -0.4 is 0 Å². The van der Waals surface area contributed by atoms with Crippen molar-refractivity contribution in [2.75, 3.05) is 0 Å². The molecule has 0 aliphatic carbocycles. The SMILES string of the molecule is Cc1cc2c(cc1O)oc1c(O)c(C)c(O)c(O)c12. The molecule has 1 heterocycles. The Morgan fingerprint density at radius 3 is 2.26 bits per heavy atom. The molecule has 0 spiro atoms. The Hall–Kier alpha value is -2.56. The van der Waals surface area contributed by atoms with Crippen LogP contribution in [0.5, 0.6) is 23.0 Å². The lowest BCUT2D eigenvalue weighted by molar-refractivity contribution is 0.396. The Labute approximate surface area is 107 Å². The minimum Gasteiger partial charge on any atom is -0.508 e. The maximum absolute atomic E-state index is 10.0. The van der Waals surface area contributed by atoms with Gasteiger partial charge in [-0.25, -0.2) is 0 Å². The minimum absolute atomic E-state index is 0.0616. The predicted molar refractivity (Wildman–Crippen MR) is 69.9 cm³/mol. The monoisotopic (exact) mass is 260 g/mol. The van der Waals surface area contributed by atoms with E-state index in [0.717, 1.165) is 0 Å². The van der Waals surface area contributed by atoms with E-state index in [4.69, 9.17) is 4.42 Å². The standard InChI is InChI=1S/C14H12O5/c1-5-3-7-9(4-8(5)15)19-14-10(7)13(18)11(16)6(2)12(14)17/h3-4,15-18H,1-2H3. The van der Waals surface area contributed by atoms with Crippen molar-refractivity contribution in [3.05, 3.63) is 23.3 Å². The van der Waals surface area contributed by atoms with E-state index in [1.807, 2.05) is 0 Å². The Bertz CT molecular complexity index is 829. The number of rotatable bonds is 0. The molecule has 0 aliphatic heterocycles. The van der Waals surface area contributed by atoms with Gasteiger partial charge in [-0.1, -0.05) is 0 Å². The Morgan fingerprint density at radius 2 is 1.58 bits per heavy atom. The molecular weight excluding hydrogens is 248 g/mol. The van der Waals surface area contributed by atoms with E-state index in [1.165, 1.54) is 13.0 Å². The maximum atomic E-state index is 10.0. The van der Waals surface area contributed by atoms with Gasteiger partial charge in [0.15, 0.2) is 22.8 Å². The molecule has 2 aromatic carbocycles. The van der Waals surface area contributed by atoms with E-state index in [0.29, 0.717) is 16.5 Å². The predicted octanol–water partition coefficient (Wildman–Crippen LogP) is 3.03. The molecule has 0 bridgehead atoms. The molecule has 0 radical (unpaired) electrons. The van der Waals surface area contributed by atoms with Crippen LogP contribution in [0.15, 0.2) is 16.5 Å². The molecule has 1 aromatic heterocycles. The first-order valence-corrected chi connectivity index (χ1v) is 5.71. The van der Waals surface area contributed by atoms with Crippen molar-refractivity contribution in [1.82, 2.24) is 0 Å². The van der Waals surface area contributed by atoms with E-state index in [9.17, 15) is 20.4 Å². The molecular formula is C14H12O5. The number of furan rings is 1. The lowest BCUT2D eigenvalue weighted by atomic mass is 10.1. The minimum atomic E-state index is -0.376. The molecule has 0 saturated heterocycles. The molecule has 0 amide bonds. The number of hydrogen-bond acceptors (Lipinski definition) is 5. The highest BCUT2D eigenvalue weighted by atomic mass is 16.4. The normalized spacial score (nSPS) is 11.5. The second-order valence-corrected chi connectivity index (χ2v) is 4.61. The van der Waals surface area contributed by atoms with Gasteiger partial charge in [-0.05, 0) is 25.5 Å². The van der Waals surface area contributed by atoms with Gasteiger partial charge >= 0.3 is 0 Å². The van der Waals surface area contributed by atoms with Gasteiger partial charge in [-0.2, -0.15) is 0 Å². The highest BCUT2D eigenvalue weighted by Crippen LogP contribution is 2.48. The molecule has 4 N–H and O–H groups in total. The summed E-state index contributed by atoms with van der Waals surface area (Å²) in [5.74, 6) is -0.877. The molecule has 0 unspecified atom stereocenters. The summed E-state index contributed by atoms with van der Waals surface area (Å²) in [5.41, 5.74) is 1.17. The van der Waals surface area contributed by atoms with Gasteiger partial charge in [-0.3, -0.25) is 0 Å². The third kappa shape index (κ3) is 1.35. The third-order valence-corrected chi connectivity index (χ3v) is 3.39. The smallest absolute Gasteiger partial charge is 0.181 e. The lowest BCUT2D eigenvalue weighted by Gasteiger charge is -2.05. The van der Waals surface area contributed by atoms with Crippen LogP contribution >= 0.6 is 0 Å². The van der Waals surface area contributed by atoms with E-state index in [1.54, 1.807) is 13.0 Å². The molecule has 5 heteroatoms. The number of benzene rings is 2. The van der Waals surface area contributed by atoms with Crippen molar-refractivity contribution in [3.8, 4) is 23.0 Å². The van der Waals surface area contributed by atoms with Gasteiger partial charge in [0, 0.05) is 17.0 Å². The quantitative estimate of drug-likeness (QED) is 0.368. The van der Waals surface area contributed by atoms with Crippen molar-refractivity contribution in [2.45, 2.75) is 13.8 Å². The fourth-order valence-electron chi connectivity index (χ4n) is 2.22. The fourth-order valence-corrected chi connectivity index (χ4v) is 2.22. The largest absolute Gasteiger partial charge is 0.508 e. The van der Waals surface area contributed by atoms with Gasteiger partial charge in [0.05, 0.1) is 5.39 Å². The summed E-state index contributed by atoms with van der Waals surface area (Å²) in [4.78, 5) is 0. The van der Waals surface area contributed by atoms with Crippen LogP contribution in [0, 0.1) is 13.8 Å². The van der Waals surface area contributed by atoms with Crippen LogP contribution in [0.4, 0.5) is 0 Å². The zero-order valence-electron chi connectivity index (χ0n) is 10.4. The summed E-state index contributed by atoms with van der Waals surface area (Å²) >= 11 is 0. The van der Waals surface area contributed by atoms with Gasteiger partial charge in [0.2, 0.25) is 0 Å². The second kappa shape index (κ2) is 3.47. The number of phenols is 4. The molecule has 19 heavy (non-hydrogen) atoms. The second-order valence-electron chi connectivity index (χ2n) is 4.61. The van der Waals surface area contributed by atoms with Gasteiger partial charge in [0.1, 0.15) is 11.3 Å². The summed E-state index contributed by atoms with van der Waals surface area (Å²) < 4.78 is 5.45. The lowest BCUT2D eigenvalue weighted by Crippen LogP contribution is -1.80. The molecule has 3 aromatic rings. The van der Waals surface area contributed by atoms with Crippen LogP contribution in [-0.4, -0.2) is 20.4 Å². The number of aromatic hydroxyl groups is 4. The topological polar surface area (TPSA) is 94.1 Å². The van der Waals surface area contributed by atoms with Crippen molar-refractivity contribution >= 4 is 21.9 Å². The molecule has 5 nitrogen and oxygen atoms in total. The van der Waals surface area contributed by atoms with E-state index >= 15 is 0 Å². The Balaban J connectivity index is 2.63. The summed E-state index contributed by atoms with van der Waals surface area (Å²) in [5, 5.41) is 40.2. The molecule has 0 saturated carbocycles. The molecule has 0 atom stereocenters. The average Bonchev–Trinajstić information content (AvgIpc) is 2.73. The number of aryl methyl sites for hydroxylation is 1. The number of hydrogen-bond donors (Lipinski definition) is 4. The maximum Gasteiger partial charge on any atom is 0.181 e. The van der Waals surface area contributed by atoms with Crippen LogP contribution in [0.1, 0.15) is 11.1 Å². The van der Waals surface area contributed by atoms with Gasteiger partial charge in [-0.15, -0.1) is 0 Å². The van der Waals surface area contributed by atoms with Gasteiger partial charge in [0.25, 0.3) is 0 Å². The highest BCUT2D eigenvalue weighted by Gasteiger charge is 2.22. The van der Waals surface area contributed by atoms with E-state index < -0.39 is 0 Å². The first-order valence-electron chi connectivity index (χ1n) is 5.71. The third-order valence-electron chi connectivity index (χ3n) is 3.39. The van der Waals surface area contributed by atoms with Crippen molar-refractivity contribution in [3.63, 3.8) is 0 Å². The average molecular weight is 260 g/mol. The molecule has 98 valence electrons. The number of fused-ring (bicyclic) bond motifs is 3. The van der Waals surface area contributed by atoms with Crippen LogP contribution in [-0.2, 0) is 0 Å². The molecule has 0 fully saturated rings. The first-order chi connectivity index (χ1) is 8.91. The Kier molecular flexibility index (Phi) is 2.11. The fraction of sp³-hybridized carbons (Fsp3) is 0.143. The zero-order chi connectivity index (χ0) is 13.9. The number of phenolic OH excluding ortho intramolecular Hbond substituents is 4. The summed E-state index contributed by atoms with van der Waals surface area (Å²) in [6.45, 7) is 3.18. The van der Waals surface area contributed by atoms with Crippen molar-refractivity contribution < 1.29 is 24.8 Å². The van der Waals surface area contributed by atoms with E-state index in [2.05, 4.69) is 0 Å². The van der Waals surface area contributed by atoms with Crippen molar-refractivity contribution in [1.29, 1.82) is 0 Å². The molecule has 0 aliphatic rings. The van der Waals surface area contributed by atoms with Gasteiger partial charge < -0.3 is 24.8 Å². The highest BCUT2D eigenvalue weighted by molar-refractivity contribution is 6.12. The van der Waals surface area contributed by atoms with E-state index in [-0.39, 0.29) is 39.5 Å². The van der Waals surface area contributed by atoms with Crippen molar-refractivity contribution in [2.24, 2.45) is 0 Å². The van der Waals surface area contributed by atoms with Crippen LogP contribution in [0.3, 0.4) is 0 Å². The van der Waals surface area contributed by atoms with Crippen LogP contribution in [0.2, 0.25) is 0 Å².